The second-order valence-electron chi connectivity index (χ2n) is 3.80. The molecular formula is C14H9FN2O. The summed E-state index contributed by atoms with van der Waals surface area (Å²) in [6.07, 6.45) is 0. The molecule has 0 amide bonds. The van der Waals surface area contributed by atoms with Crippen molar-refractivity contribution in [1.29, 1.82) is 0 Å². The topological polar surface area (TPSA) is 38.9 Å². The number of aromatic nitrogens is 2. The molecule has 0 aliphatic rings. The van der Waals surface area contributed by atoms with E-state index in [0.29, 0.717) is 17.3 Å². The average Bonchev–Trinajstić information content (AvgIpc) is 2.90. The standard InChI is InChI=1S/C14H9FN2O/c15-12-8-6-11(7-9-12)14-16-13(17-18-14)10-4-2-1-3-5-10/h1-9H. The Hall–Kier alpha value is -2.49. The maximum Gasteiger partial charge on any atom is 0.258 e. The van der Waals surface area contributed by atoms with Crippen LogP contribution in [0.5, 0.6) is 0 Å². The zero-order valence-corrected chi connectivity index (χ0v) is 9.38. The van der Waals surface area contributed by atoms with Gasteiger partial charge in [-0.15, -0.1) is 0 Å². The molecule has 0 fully saturated rings. The lowest BCUT2D eigenvalue weighted by Gasteiger charge is -1.93. The van der Waals surface area contributed by atoms with E-state index in [2.05, 4.69) is 10.1 Å². The SMILES string of the molecule is Fc1ccc(-c2nc(-c3ccccc3)no2)cc1. The van der Waals surface area contributed by atoms with E-state index in [9.17, 15) is 4.39 Å². The van der Waals surface area contributed by atoms with E-state index in [-0.39, 0.29) is 5.82 Å². The molecule has 3 aromatic rings. The molecule has 0 saturated heterocycles. The van der Waals surface area contributed by atoms with Gasteiger partial charge in [-0.05, 0) is 24.3 Å². The summed E-state index contributed by atoms with van der Waals surface area (Å²) in [5, 5.41) is 3.91. The van der Waals surface area contributed by atoms with Crippen LogP contribution in [0.1, 0.15) is 0 Å². The van der Waals surface area contributed by atoms with Gasteiger partial charge in [-0.3, -0.25) is 0 Å². The highest BCUT2D eigenvalue weighted by molar-refractivity contribution is 5.59. The van der Waals surface area contributed by atoms with E-state index in [1.165, 1.54) is 12.1 Å². The van der Waals surface area contributed by atoms with Gasteiger partial charge in [0.05, 0.1) is 0 Å². The molecule has 0 aliphatic carbocycles. The van der Waals surface area contributed by atoms with Gasteiger partial charge in [0.15, 0.2) is 0 Å². The highest BCUT2D eigenvalue weighted by Gasteiger charge is 2.09. The van der Waals surface area contributed by atoms with E-state index in [1.807, 2.05) is 30.3 Å². The molecule has 4 heteroatoms. The number of hydrogen-bond donors (Lipinski definition) is 0. The monoisotopic (exact) mass is 240 g/mol. The molecule has 1 aromatic heterocycles. The van der Waals surface area contributed by atoms with Gasteiger partial charge in [0.25, 0.3) is 5.89 Å². The van der Waals surface area contributed by atoms with Crippen molar-refractivity contribution in [3.8, 4) is 22.8 Å². The molecule has 0 spiro atoms. The van der Waals surface area contributed by atoms with Crippen LogP contribution in [0.4, 0.5) is 4.39 Å². The zero-order valence-electron chi connectivity index (χ0n) is 9.38. The summed E-state index contributed by atoms with van der Waals surface area (Å²) in [5.41, 5.74) is 1.58. The third-order valence-electron chi connectivity index (χ3n) is 2.55. The summed E-state index contributed by atoms with van der Waals surface area (Å²) in [6.45, 7) is 0. The second kappa shape index (κ2) is 4.41. The first kappa shape index (κ1) is 10.7. The Morgan fingerprint density at radius 3 is 2.28 bits per heavy atom. The predicted octanol–water partition coefficient (Wildman–Crippen LogP) is 3.54. The number of hydrogen-bond acceptors (Lipinski definition) is 3. The molecule has 0 unspecified atom stereocenters. The van der Waals surface area contributed by atoms with E-state index in [0.717, 1.165) is 5.56 Å². The van der Waals surface area contributed by atoms with E-state index < -0.39 is 0 Å². The minimum absolute atomic E-state index is 0.290. The van der Waals surface area contributed by atoms with Gasteiger partial charge >= 0.3 is 0 Å². The fourth-order valence-electron chi connectivity index (χ4n) is 1.64. The molecule has 1 heterocycles. The van der Waals surface area contributed by atoms with Crippen molar-refractivity contribution in [1.82, 2.24) is 10.1 Å². The van der Waals surface area contributed by atoms with Crippen LogP contribution in [-0.4, -0.2) is 10.1 Å². The minimum atomic E-state index is -0.290. The molecule has 0 atom stereocenters. The fraction of sp³-hybridized carbons (Fsp3) is 0. The summed E-state index contributed by atoms with van der Waals surface area (Å²) >= 11 is 0. The van der Waals surface area contributed by atoms with Crippen LogP contribution >= 0.6 is 0 Å². The van der Waals surface area contributed by atoms with Gasteiger partial charge in [-0.2, -0.15) is 4.98 Å². The summed E-state index contributed by atoms with van der Waals surface area (Å²) in [4.78, 5) is 4.28. The van der Waals surface area contributed by atoms with Gasteiger partial charge in [0.1, 0.15) is 5.82 Å². The molecule has 3 rings (SSSR count). The Balaban J connectivity index is 1.97. The molecule has 0 aliphatic heterocycles. The molecule has 0 saturated carbocycles. The minimum Gasteiger partial charge on any atom is -0.334 e. The predicted molar refractivity (Wildman–Crippen MR) is 65.1 cm³/mol. The van der Waals surface area contributed by atoms with Gasteiger partial charge in [-0.25, -0.2) is 4.39 Å². The first-order chi connectivity index (χ1) is 8.83. The first-order valence-electron chi connectivity index (χ1n) is 5.48. The summed E-state index contributed by atoms with van der Waals surface area (Å²) in [7, 11) is 0. The lowest BCUT2D eigenvalue weighted by Crippen LogP contribution is -1.81. The number of benzene rings is 2. The van der Waals surface area contributed by atoms with Gasteiger partial charge in [-0.1, -0.05) is 35.5 Å². The Morgan fingerprint density at radius 1 is 0.833 bits per heavy atom. The summed E-state index contributed by atoms with van der Waals surface area (Å²) < 4.78 is 18.0. The second-order valence-corrected chi connectivity index (χ2v) is 3.80. The zero-order chi connectivity index (χ0) is 12.4. The third-order valence-corrected chi connectivity index (χ3v) is 2.55. The summed E-state index contributed by atoms with van der Waals surface area (Å²) in [6, 6.07) is 15.5. The molecule has 0 N–H and O–H groups in total. The van der Waals surface area contributed by atoms with Crippen LogP contribution in [0.15, 0.2) is 59.1 Å². The van der Waals surface area contributed by atoms with Crippen molar-refractivity contribution in [3.63, 3.8) is 0 Å². The average molecular weight is 240 g/mol. The van der Waals surface area contributed by atoms with Gasteiger partial charge < -0.3 is 4.52 Å². The quantitative estimate of drug-likeness (QED) is 0.687. The van der Waals surface area contributed by atoms with E-state index in [4.69, 9.17) is 4.52 Å². The normalized spacial score (nSPS) is 10.5. The lowest BCUT2D eigenvalue weighted by atomic mass is 10.2. The smallest absolute Gasteiger partial charge is 0.258 e. The Morgan fingerprint density at radius 2 is 1.56 bits per heavy atom. The van der Waals surface area contributed by atoms with Crippen molar-refractivity contribution in [2.45, 2.75) is 0 Å². The molecule has 0 radical (unpaired) electrons. The van der Waals surface area contributed by atoms with Crippen LogP contribution in [0.2, 0.25) is 0 Å². The largest absolute Gasteiger partial charge is 0.334 e. The molecule has 18 heavy (non-hydrogen) atoms. The van der Waals surface area contributed by atoms with Crippen LogP contribution in [0, 0.1) is 5.82 Å². The van der Waals surface area contributed by atoms with Crippen molar-refractivity contribution < 1.29 is 8.91 Å². The van der Waals surface area contributed by atoms with Gasteiger partial charge in [0, 0.05) is 11.1 Å². The van der Waals surface area contributed by atoms with E-state index in [1.54, 1.807) is 12.1 Å². The number of nitrogens with zero attached hydrogens (tertiary/aromatic N) is 2. The lowest BCUT2D eigenvalue weighted by molar-refractivity contribution is 0.432. The maximum absolute atomic E-state index is 12.8. The Bertz CT molecular complexity index is 647. The number of rotatable bonds is 2. The number of halogens is 1. The molecule has 3 nitrogen and oxygen atoms in total. The molecule has 88 valence electrons. The molecule has 2 aromatic carbocycles. The van der Waals surface area contributed by atoms with Crippen molar-refractivity contribution in [3.05, 3.63) is 60.4 Å². The van der Waals surface area contributed by atoms with E-state index >= 15 is 0 Å². The van der Waals surface area contributed by atoms with Crippen molar-refractivity contribution in [2.75, 3.05) is 0 Å². The molecule has 0 bridgehead atoms. The third kappa shape index (κ3) is 2.00. The van der Waals surface area contributed by atoms with Crippen LogP contribution in [0.25, 0.3) is 22.8 Å². The molecular weight excluding hydrogens is 231 g/mol. The van der Waals surface area contributed by atoms with Crippen molar-refractivity contribution in [2.24, 2.45) is 0 Å². The fourth-order valence-corrected chi connectivity index (χ4v) is 1.64. The van der Waals surface area contributed by atoms with Crippen LogP contribution in [-0.2, 0) is 0 Å². The Labute approximate surface area is 103 Å². The maximum atomic E-state index is 12.8. The van der Waals surface area contributed by atoms with Crippen LogP contribution < -0.4 is 0 Å². The first-order valence-corrected chi connectivity index (χ1v) is 5.48. The van der Waals surface area contributed by atoms with Gasteiger partial charge in [0.2, 0.25) is 5.82 Å². The highest BCUT2D eigenvalue weighted by Crippen LogP contribution is 2.21. The highest BCUT2D eigenvalue weighted by atomic mass is 19.1. The summed E-state index contributed by atoms with van der Waals surface area (Å²) in [5.74, 6) is 0.616. The van der Waals surface area contributed by atoms with Crippen LogP contribution in [0.3, 0.4) is 0 Å². The Kier molecular flexibility index (Phi) is 2.61. The van der Waals surface area contributed by atoms with Crippen molar-refractivity contribution >= 4 is 0 Å².